The second kappa shape index (κ2) is 5.64. The summed E-state index contributed by atoms with van der Waals surface area (Å²) < 4.78 is 24.1. The number of halogens is 1. The lowest BCUT2D eigenvalue weighted by Gasteiger charge is -2.10. The van der Waals surface area contributed by atoms with Gasteiger partial charge in [-0.2, -0.15) is 0 Å². The van der Waals surface area contributed by atoms with Crippen molar-refractivity contribution in [3.05, 3.63) is 27.4 Å². The molecule has 0 aliphatic carbocycles. The average Bonchev–Trinajstić information content (AvgIpc) is 2.26. The Labute approximate surface area is 105 Å². The van der Waals surface area contributed by atoms with Crippen LogP contribution < -0.4 is 5.56 Å². The van der Waals surface area contributed by atoms with Crippen LogP contribution >= 0.6 is 11.6 Å². The fraction of sp³-hybridized carbons (Fsp3) is 0.600. The summed E-state index contributed by atoms with van der Waals surface area (Å²) in [6, 6.07) is 1.19. The van der Waals surface area contributed by atoms with Crippen molar-refractivity contribution in [1.29, 1.82) is 0 Å². The maximum atomic E-state index is 11.7. The molecule has 0 aromatic carbocycles. The van der Waals surface area contributed by atoms with Crippen LogP contribution in [0.4, 0.5) is 0 Å². The van der Waals surface area contributed by atoms with Gasteiger partial charge in [0.25, 0.3) is 5.56 Å². The number of hydrogen-bond acceptors (Lipinski definition) is 4. The van der Waals surface area contributed by atoms with Gasteiger partial charge in [-0.1, -0.05) is 25.4 Å². The lowest BCUT2D eigenvalue weighted by atomic mass is 10.4. The summed E-state index contributed by atoms with van der Waals surface area (Å²) in [6.07, 6.45) is 0.530. The summed E-state index contributed by atoms with van der Waals surface area (Å²) in [6.45, 7) is 3.55. The van der Waals surface area contributed by atoms with Crippen LogP contribution in [0.1, 0.15) is 19.7 Å². The van der Waals surface area contributed by atoms with E-state index in [0.29, 0.717) is 12.2 Å². The minimum absolute atomic E-state index is 0.0558. The first-order valence-electron chi connectivity index (χ1n) is 5.36. The summed E-state index contributed by atoms with van der Waals surface area (Å²) in [5, 5.41) is 0.140. The molecule has 0 spiro atoms. The highest BCUT2D eigenvalue weighted by molar-refractivity contribution is 7.91. The van der Waals surface area contributed by atoms with Crippen LogP contribution in [0.15, 0.2) is 10.9 Å². The number of aryl methyl sites for hydroxylation is 1. The van der Waals surface area contributed by atoms with E-state index in [2.05, 4.69) is 4.98 Å². The van der Waals surface area contributed by atoms with E-state index in [1.54, 1.807) is 6.92 Å². The highest BCUT2D eigenvalue weighted by Crippen LogP contribution is 2.03. The fourth-order valence-electron chi connectivity index (χ4n) is 1.41. The van der Waals surface area contributed by atoms with E-state index >= 15 is 0 Å². The predicted molar refractivity (Wildman–Crippen MR) is 67.2 cm³/mol. The van der Waals surface area contributed by atoms with E-state index < -0.39 is 9.84 Å². The Morgan fingerprint density at radius 3 is 2.59 bits per heavy atom. The summed E-state index contributed by atoms with van der Waals surface area (Å²) in [7, 11) is -3.09. The molecule has 0 saturated carbocycles. The smallest absolute Gasteiger partial charge is 0.255 e. The lowest BCUT2D eigenvalue weighted by molar-refractivity contribution is 0.582. The van der Waals surface area contributed by atoms with E-state index in [4.69, 9.17) is 11.6 Å². The second-order valence-electron chi connectivity index (χ2n) is 3.57. The Balaban J connectivity index is 3.03. The van der Waals surface area contributed by atoms with Gasteiger partial charge in [-0.25, -0.2) is 13.4 Å². The van der Waals surface area contributed by atoms with Gasteiger partial charge >= 0.3 is 0 Å². The molecule has 96 valence electrons. The molecule has 0 radical (unpaired) electrons. The van der Waals surface area contributed by atoms with Crippen LogP contribution in [-0.4, -0.2) is 29.5 Å². The van der Waals surface area contributed by atoms with Crippen LogP contribution in [0.5, 0.6) is 0 Å². The van der Waals surface area contributed by atoms with Gasteiger partial charge in [0.05, 0.1) is 5.75 Å². The Kier molecular flexibility index (Phi) is 4.70. The van der Waals surface area contributed by atoms with Crippen molar-refractivity contribution < 1.29 is 8.42 Å². The van der Waals surface area contributed by atoms with E-state index in [9.17, 15) is 13.2 Å². The molecular formula is C10H15ClN2O3S. The van der Waals surface area contributed by atoms with Crippen molar-refractivity contribution in [2.24, 2.45) is 0 Å². The van der Waals surface area contributed by atoms with Gasteiger partial charge in [0.2, 0.25) is 0 Å². The summed E-state index contributed by atoms with van der Waals surface area (Å²) in [4.78, 5) is 15.7. The standard InChI is InChI=1S/C10H15ClN2O3S/c1-3-9-12-8(11)7-10(14)13(9)5-6-17(15,16)4-2/h7H,3-6H2,1-2H3. The van der Waals surface area contributed by atoms with Crippen LogP contribution in [-0.2, 0) is 22.8 Å². The molecule has 0 aliphatic rings. The largest absolute Gasteiger partial charge is 0.296 e. The van der Waals surface area contributed by atoms with Crippen molar-refractivity contribution in [3.63, 3.8) is 0 Å². The van der Waals surface area contributed by atoms with Crippen molar-refractivity contribution in [2.45, 2.75) is 26.8 Å². The van der Waals surface area contributed by atoms with Gasteiger partial charge < -0.3 is 0 Å². The third-order valence-electron chi connectivity index (χ3n) is 2.44. The maximum Gasteiger partial charge on any atom is 0.255 e. The number of sulfone groups is 1. The van der Waals surface area contributed by atoms with Crippen LogP contribution in [0.25, 0.3) is 0 Å². The number of aromatic nitrogens is 2. The van der Waals surface area contributed by atoms with Gasteiger partial charge in [0.1, 0.15) is 11.0 Å². The SMILES string of the molecule is CCc1nc(Cl)cc(=O)n1CCS(=O)(=O)CC. The Hall–Kier alpha value is -0.880. The van der Waals surface area contributed by atoms with Crippen molar-refractivity contribution in [3.8, 4) is 0 Å². The zero-order chi connectivity index (χ0) is 13.1. The molecule has 1 aromatic rings. The zero-order valence-corrected chi connectivity index (χ0v) is 11.4. The first-order chi connectivity index (χ1) is 7.89. The molecule has 7 heteroatoms. The molecule has 0 fully saturated rings. The quantitative estimate of drug-likeness (QED) is 0.750. The highest BCUT2D eigenvalue weighted by atomic mass is 35.5. The van der Waals surface area contributed by atoms with Crippen LogP contribution in [0, 0.1) is 0 Å². The number of rotatable bonds is 5. The van der Waals surface area contributed by atoms with Gasteiger partial charge in [0.15, 0.2) is 9.84 Å². The summed E-state index contributed by atoms with van der Waals surface area (Å²) in [5.41, 5.74) is -0.312. The summed E-state index contributed by atoms with van der Waals surface area (Å²) in [5.74, 6) is 0.526. The molecule has 1 heterocycles. The summed E-state index contributed by atoms with van der Waals surface area (Å²) >= 11 is 5.68. The Morgan fingerprint density at radius 2 is 2.06 bits per heavy atom. The van der Waals surface area contributed by atoms with Gasteiger partial charge in [-0.3, -0.25) is 9.36 Å². The monoisotopic (exact) mass is 278 g/mol. The average molecular weight is 279 g/mol. The fourth-order valence-corrected chi connectivity index (χ4v) is 2.35. The molecule has 5 nitrogen and oxygen atoms in total. The molecule has 0 aliphatic heterocycles. The zero-order valence-electron chi connectivity index (χ0n) is 9.81. The molecule has 1 aromatic heterocycles. The molecule has 0 N–H and O–H groups in total. The second-order valence-corrected chi connectivity index (χ2v) is 6.43. The first-order valence-corrected chi connectivity index (χ1v) is 7.56. The van der Waals surface area contributed by atoms with Crippen molar-refractivity contribution in [2.75, 3.05) is 11.5 Å². The highest BCUT2D eigenvalue weighted by Gasteiger charge is 2.11. The molecule has 0 saturated heterocycles. The molecular weight excluding hydrogens is 264 g/mol. The van der Waals surface area contributed by atoms with Gasteiger partial charge in [0, 0.05) is 24.8 Å². The van der Waals surface area contributed by atoms with Gasteiger partial charge in [-0.05, 0) is 0 Å². The van der Waals surface area contributed by atoms with Crippen molar-refractivity contribution >= 4 is 21.4 Å². The molecule has 0 atom stereocenters. The van der Waals surface area contributed by atoms with E-state index in [1.165, 1.54) is 10.6 Å². The lowest BCUT2D eigenvalue weighted by Crippen LogP contribution is -2.28. The number of nitrogens with zero attached hydrogens (tertiary/aromatic N) is 2. The Bertz CT molecular complexity index is 551. The third-order valence-corrected chi connectivity index (χ3v) is 4.32. The molecule has 1 rings (SSSR count). The molecule has 0 bridgehead atoms. The van der Waals surface area contributed by atoms with Crippen molar-refractivity contribution in [1.82, 2.24) is 9.55 Å². The van der Waals surface area contributed by atoms with Crippen LogP contribution in [0.2, 0.25) is 5.15 Å². The maximum absolute atomic E-state index is 11.7. The molecule has 0 amide bonds. The topological polar surface area (TPSA) is 69.0 Å². The Morgan fingerprint density at radius 1 is 1.41 bits per heavy atom. The third kappa shape index (κ3) is 3.81. The minimum Gasteiger partial charge on any atom is -0.296 e. The first kappa shape index (κ1) is 14.2. The van der Waals surface area contributed by atoms with Gasteiger partial charge in [-0.15, -0.1) is 0 Å². The predicted octanol–water partition coefficient (Wildman–Crippen LogP) is 0.894. The van der Waals surface area contributed by atoms with E-state index in [1.807, 2.05) is 6.92 Å². The molecule has 17 heavy (non-hydrogen) atoms. The van der Waals surface area contributed by atoms with E-state index in [-0.39, 0.29) is 28.8 Å². The van der Waals surface area contributed by atoms with E-state index in [0.717, 1.165) is 0 Å². The number of hydrogen-bond donors (Lipinski definition) is 0. The van der Waals surface area contributed by atoms with Crippen LogP contribution in [0.3, 0.4) is 0 Å². The minimum atomic E-state index is -3.09. The molecule has 0 unspecified atom stereocenters. The normalized spacial score (nSPS) is 11.7.